The third-order valence-electron chi connectivity index (χ3n) is 6.86. The Morgan fingerprint density at radius 3 is 1.31 bits per heavy atom. The van der Waals surface area contributed by atoms with Crippen LogP contribution in [0.5, 0.6) is 0 Å². The van der Waals surface area contributed by atoms with Gasteiger partial charge in [0.2, 0.25) is 0 Å². The molecule has 0 saturated carbocycles. The molecule has 3 aromatic carbocycles. The molecule has 6 aromatic rings. The molecule has 263 valence electrons. The molecular weight excluding hydrogens is 727 g/mol. The van der Waals surface area contributed by atoms with E-state index in [-0.39, 0.29) is 0 Å². The van der Waals surface area contributed by atoms with Gasteiger partial charge in [-0.1, -0.05) is 24.3 Å². The van der Waals surface area contributed by atoms with Crippen molar-refractivity contribution < 1.29 is 15.3 Å². The first-order chi connectivity index (χ1) is 25.4. The monoisotopic (exact) mass is 744 g/mol. The Morgan fingerprint density at radius 1 is 0.538 bits per heavy atom. The number of aromatic nitrogens is 8. The van der Waals surface area contributed by atoms with Gasteiger partial charge in [-0.05, 0) is 0 Å². The fraction of sp³-hybridized carbons (Fsp3) is 0. The molecule has 8 bridgehead atoms. The number of rotatable bonds is 2. The summed E-state index contributed by atoms with van der Waals surface area (Å²) in [4.78, 5) is 69.8. The zero-order chi connectivity index (χ0) is 37.5. The van der Waals surface area contributed by atoms with Gasteiger partial charge in [-0.25, -0.2) is 0 Å². The van der Waals surface area contributed by atoms with E-state index in [1.807, 2.05) is 84.9 Å². The van der Waals surface area contributed by atoms with Crippen LogP contribution in [0.25, 0.3) is 85.0 Å². The van der Waals surface area contributed by atoms with Gasteiger partial charge >= 0.3 is 206 Å². The van der Waals surface area contributed by atoms with Gasteiger partial charge in [0.1, 0.15) is 0 Å². The number of benzene rings is 3. The van der Waals surface area contributed by atoms with Gasteiger partial charge in [-0.15, -0.1) is 21.4 Å². The Labute approximate surface area is 296 Å². The van der Waals surface area contributed by atoms with E-state index in [4.69, 9.17) is 70.4 Å². The molecule has 0 unspecified atom stereocenters. The molecule has 0 saturated heterocycles. The average molecular weight is 744 g/mol. The third-order valence-corrected chi connectivity index (χ3v) is 7.06. The maximum atomic E-state index is 8.00. The van der Waals surface area contributed by atoms with E-state index in [9.17, 15) is 0 Å². The number of H-pyrrole nitrogens is 2. The van der Waals surface area contributed by atoms with E-state index in [0.717, 1.165) is 60.0 Å². The number of aromatic amines is 2. The average Bonchev–Trinajstić information content (AvgIpc) is 3.89. The van der Waals surface area contributed by atoms with E-state index in [2.05, 4.69) is 31.3 Å². The molecule has 0 fully saturated rings. The van der Waals surface area contributed by atoms with Crippen LogP contribution in [0.15, 0.2) is 100 Å². The number of fused-ring (bicyclic) bond motifs is 17. The molecular formula is C31H17CoN12O8-5. The van der Waals surface area contributed by atoms with E-state index in [0.29, 0.717) is 45.9 Å². The molecule has 5 heterocycles. The summed E-state index contributed by atoms with van der Waals surface area (Å²) in [7, 11) is 0. The van der Waals surface area contributed by atoms with Gasteiger partial charge < -0.3 is 40.5 Å². The zero-order valence-electron chi connectivity index (χ0n) is 25.7. The molecule has 0 radical (unpaired) electrons. The molecule has 0 amide bonds. The molecule has 0 atom stereocenters. The van der Waals surface area contributed by atoms with Crippen molar-refractivity contribution in [3.05, 3.63) is 131 Å². The van der Waals surface area contributed by atoms with E-state index < -0.39 is 0 Å². The van der Waals surface area contributed by atoms with Crippen molar-refractivity contribution in [1.82, 2.24) is 39.9 Å². The summed E-state index contributed by atoms with van der Waals surface area (Å²) in [6, 6.07) is 27.2. The van der Waals surface area contributed by atoms with Gasteiger partial charge in [-0.2, -0.15) is 0 Å². The second-order valence-electron chi connectivity index (χ2n) is 9.55. The predicted octanol–water partition coefficient (Wildman–Crippen LogP) is 6.88. The molecule has 0 aliphatic carbocycles. The molecule has 2 N–H and O–H groups in total. The van der Waals surface area contributed by atoms with Crippen LogP contribution in [0.1, 0.15) is 5.56 Å². The SMILES string of the molecule is O=N[O-].O=N[O-].O=N[O-].O=N[O-].[Co]=[CH]/C=C\c1[c-]c2nc3nc(nc4[nH]c(nc5nc(nc1[nH]2)-c1ccccc1-5)c1ccccc41)-c1ccccc1-3. The van der Waals surface area contributed by atoms with E-state index in [1.54, 1.807) is 4.96 Å². The molecule has 8 rings (SSSR count). The van der Waals surface area contributed by atoms with Crippen molar-refractivity contribution in [3.63, 3.8) is 0 Å². The summed E-state index contributed by atoms with van der Waals surface area (Å²) in [6.45, 7) is 0. The van der Waals surface area contributed by atoms with Crippen LogP contribution in [0, 0.1) is 46.5 Å². The van der Waals surface area contributed by atoms with Gasteiger partial charge in [0, 0.05) is 5.39 Å². The number of nitrogens with zero attached hydrogens (tertiary/aromatic N) is 10. The standard InChI is InChI=1S/C31H17N8.Co.4HNO2/c1-2-9-17-16-24-32-25(17)34-27-20-12-5-6-13-21(20)29(36-27)38-31-23-15-8-7-14-22(23)30(39-31)37-28-19-11-4-3-10-18(19)26(33-24)35-28;;4*2-1-3/h1-15H,(H2,32,33,34,35,36,37,38,39);;4*(H,2,3)/q-1;;;;;/p-4/b9-2-;;;;;. The minimum absolute atomic E-state index is 0.493. The fourth-order valence-corrected chi connectivity index (χ4v) is 5.16. The molecule has 52 heavy (non-hydrogen) atoms. The summed E-state index contributed by atoms with van der Waals surface area (Å²) < 4.78 is 0. The van der Waals surface area contributed by atoms with Crippen molar-refractivity contribution >= 4 is 44.4 Å². The van der Waals surface area contributed by atoms with Crippen LogP contribution in [-0.2, 0) is 15.3 Å². The topological polar surface area (TPSA) is 319 Å². The van der Waals surface area contributed by atoms with E-state index in [1.165, 1.54) is 0 Å². The number of nitrogens with one attached hydrogen (secondary N) is 2. The third kappa shape index (κ3) is 8.36. The molecule has 21 heteroatoms. The fourth-order valence-electron chi connectivity index (χ4n) is 5.06. The van der Waals surface area contributed by atoms with Crippen LogP contribution in [0.4, 0.5) is 0 Å². The first kappa shape index (κ1) is 37.3. The normalized spacial score (nSPS) is 10.2. The van der Waals surface area contributed by atoms with Gasteiger partial charge in [-0.3, -0.25) is 0 Å². The van der Waals surface area contributed by atoms with Gasteiger partial charge in [0.25, 0.3) is 0 Å². The van der Waals surface area contributed by atoms with Crippen molar-refractivity contribution in [3.8, 4) is 45.6 Å². The summed E-state index contributed by atoms with van der Waals surface area (Å²) in [5, 5.41) is 37.9. The Kier molecular flexibility index (Phi) is 13.1. The molecule has 2 aliphatic heterocycles. The van der Waals surface area contributed by atoms with Crippen LogP contribution < -0.4 is 0 Å². The second-order valence-corrected chi connectivity index (χ2v) is 9.90. The van der Waals surface area contributed by atoms with Crippen molar-refractivity contribution in [1.29, 1.82) is 0 Å². The number of hydrogen-bond acceptors (Lipinski definition) is 18. The van der Waals surface area contributed by atoms with Crippen LogP contribution in [0.3, 0.4) is 0 Å². The van der Waals surface area contributed by atoms with Crippen molar-refractivity contribution in [2.75, 3.05) is 0 Å². The zero-order valence-corrected chi connectivity index (χ0v) is 26.8. The Balaban J connectivity index is 0.000000449. The van der Waals surface area contributed by atoms with Gasteiger partial charge in [0.15, 0.2) is 0 Å². The predicted molar refractivity (Wildman–Crippen MR) is 189 cm³/mol. The summed E-state index contributed by atoms with van der Waals surface area (Å²) in [5.74, 6) is 2.23. The molecule has 3 aromatic heterocycles. The quantitative estimate of drug-likeness (QED) is 0.103. The minimum atomic E-state index is 0.493. The van der Waals surface area contributed by atoms with Crippen molar-refractivity contribution in [2.24, 2.45) is 21.4 Å². The van der Waals surface area contributed by atoms with Crippen LogP contribution in [-0.4, -0.2) is 44.8 Å². The maximum absolute atomic E-state index is 8.00. The van der Waals surface area contributed by atoms with Crippen molar-refractivity contribution in [2.45, 2.75) is 0 Å². The number of allylic oxidation sites excluding steroid dienone is 1. The second kappa shape index (κ2) is 18.3. The Bertz CT molecular complexity index is 2430. The van der Waals surface area contributed by atoms with Crippen LogP contribution in [0.2, 0.25) is 0 Å². The summed E-state index contributed by atoms with van der Waals surface area (Å²) in [5.41, 5.74) is 6.70. The Hall–Kier alpha value is -7.52. The molecule has 2 aliphatic rings. The molecule has 20 nitrogen and oxygen atoms in total. The number of hydrogen-bond donors (Lipinski definition) is 2. The first-order valence-corrected chi connectivity index (χ1v) is 14.6. The summed E-state index contributed by atoms with van der Waals surface area (Å²) in [6.07, 6.45) is 3.68. The van der Waals surface area contributed by atoms with Gasteiger partial charge in [0.05, 0.1) is 0 Å². The first-order valence-electron chi connectivity index (χ1n) is 14.0. The summed E-state index contributed by atoms with van der Waals surface area (Å²) >= 11 is 4.25. The molecule has 0 spiro atoms. The van der Waals surface area contributed by atoms with E-state index >= 15 is 0 Å². The Morgan fingerprint density at radius 2 is 0.904 bits per heavy atom. The van der Waals surface area contributed by atoms with Crippen LogP contribution >= 0.6 is 0 Å².